The summed E-state index contributed by atoms with van der Waals surface area (Å²) in [4.78, 5) is 11.4. The second-order valence-electron chi connectivity index (χ2n) is 4.59. The Morgan fingerprint density at radius 1 is 1.56 bits per heavy atom. The molecule has 0 aliphatic heterocycles. The largest absolute Gasteiger partial charge is 0.353 e. The number of carbonyl (C=O) groups excluding carboxylic acids is 1. The third kappa shape index (κ3) is 3.88. The molecule has 4 nitrogen and oxygen atoms in total. The average molecular weight is 270 g/mol. The number of aryl methyl sites for hydroxylation is 1. The molecule has 100 valence electrons. The van der Waals surface area contributed by atoms with E-state index in [4.69, 9.17) is 11.6 Å². The van der Waals surface area contributed by atoms with E-state index >= 15 is 0 Å². The summed E-state index contributed by atoms with van der Waals surface area (Å²) < 4.78 is 1.78. The Kier molecular flexibility index (Phi) is 5.41. The van der Waals surface area contributed by atoms with Crippen LogP contribution in [0.5, 0.6) is 0 Å². The van der Waals surface area contributed by atoms with Crippen LogP contribution in [0.25, 0.3) is 6.08 Å². The number of nitrogens with zero attached hydrogens (tertiary/aromatic N) is 2. The Balaban J connectivity index is 2.89. The van der Waals surface area contributed by atoms with Gasteiger partial charge in [0.15, 0.2) is 0 Å². The number of rotatable bonds is 5. The van der Waals surface area contributed by atoms with Crippen LogP contribution in [0.15, 0.2) is 6.08 Å². The SMILES string of the molecule is CCNC(=O)C=Cc1c(C)nn(CC(C)C)c1Cl. The molecule has 5 heteroatoms. The fourth-order valence-electron chi connectivity index (χ4n) is 1.62. The van der Waals surface area contributed by atoms with E-state index in [0.717, 1.165) is 17.8 Å². The third-order valence-electron chi connectivity index (χ3n) is 2.40. The number of halogens is 1. The molecule has 0 aliphatic rings. The zero-order valence-electron chi connectivity index (χ0n) is 11.3. The Morgan fingerprint density at radius 3 is 2.78 bits per heavy atom. The van der Waals surface area contributed by atoms with Gasteiger partial charge in [-0.2, -0.15) is 5.10 Å². The van der Waals surface area contributed by atoms with Gasteiger partial charge >= 0.3 is 0 Å². The van der Waals surface area contributed by atoms with Crippen LogP contribution in [0.1, 0.15) is 32.0 Å². The molecule has 1 aromatic rings. The lowest BCUT2D eigenvalue weighted by molar-refractivity contribution is -0.116. The van der Waals surface area contributed by atoms with Gasteiger partial charge in [0.25, 0.3) is 0 Å². The quantitative estimate of drug-likeness (QED) is 0.836. The van der Waals surface area contributed by atoms with E-state index in [1.807, 2.05) is 13.8 Å². The molecule has 0 saturated carbocycles. The van der Waals surface area contributed by atoms with Crippen LogP contribution in [0, 0.1) is 12.8 Å². The number of hydrogen-bond acceptors (Lipinski definition) is 2. The summed E-state index contributed by atoms with van der Waals surface area (Å²) in [6.45, 7) is 9.37. The number of carbonyl (C=O) groups is 1. The zero-order valence-corrected chi connectivity index (χ0v) is 12.1. The van der Waals surface area contributed by atoms with E-state index < -0.39 is 0 Å². The fourth-order valence-corrected chi connectivity index (χ4v) is 1.92. The van der Waals surface area contributed by atoms with Gasteiger partial charge in [-0.05, 0) is 25.8 Å². The minimum atomic E-state index is -0.121. The van der Waals surface area contributed by atoms with Crippen LogP contribution in [0.2, 0.25) is 5.15 Å². The van der Waals surface area contributed by atoms with Gasteiger partial charge in [-0.15, -0.1) is 0 Å². The average Bonchev–Trinajstić information content (AvgIpc) is 2.52. The number of nitrogens with one attached hydrogen (secondary N) is 1. The lowest BCUT2D eigenvalue weighted by Gasteiger charge is -2.05. The number of likely N-dealkylation sites (N-methyl/N-ethyl adjacent to an activating group) is 1. The van der Waals surface area contributed by atoms with E-state index in [-0.39, 0.29) is 5.91 Å². The number of aromatic nitrogens is 2. The molecule has 0 spiro atoms. The van der Waals surface area contributed by atoms with Gasteiger partial charge in [-0.25, -0.2) is 0 Å². The van der Waals surface area contributed by atoms with Crippen molar-refractivity contribution in [1.29, 1.82) is 0 Å². The molecular weight excluding hydrogens is 250 g/mol. The van der Waals surface area contributed by atoms with E-state index in [2.05, 4.69) is 24.3 Å². The van der Waals surface area contributed by atoms with Crippen LogP contribution in [0.4, 0.5) is 0 Å². The van der Waals surface area contributed by atoms with E-state index in [1.54, 1.807) is 10.8 Å². The van der Waals surface area contributed by atoms with Crippen molar-refractivity contribution in [2.45, 2.75) is 34.2 Å². The second kappa shape index (κ2) is 6.59. The van der Waals surface area contributed by atoms with Gasteiger partial charge in [0.2, 0.25) is 5.91 Å². The standard InChI is InChI=1S/C13H20ClN3O/c1-5-15-12(18)7-6-11-10(4)16-17(13(11)14)8-9(2)3/h6-7,9H,5,8H2,1-4H3,(H,15,18). The Morgan fingerprint density at radius 2 is 2.22 bits per heavy atom. The van der Waals surface area contributed by atoms with Crippen LogP contribution in [0.3, 0.4) is 0 Å². The summed E-state index contributed by atoms with van der Waals surface area (Å²) in [6.07, 6.45) is 3.20. The molecule has 0 radical (unpaired) electrons. The molecule has 0 aromatic carbocycles. The van der Waals surface area contributed by atoms with E-state index in [9.17, 15) is 4.79 Å². The highest BCUT2D eigenvalue weighted by Crippen LogP contribution is 2.22. The summed E-state index contributed by atoms with van der Waals surface area (Å²) in [5.41, 5.74) is 1.64. The molecule has 1 N–H and O–H groups in total. The van der Waals surface area contributed by atoms with Crippen LogP contribution in [-0.2, 0) is 11.3 Å². The lowest BCUT2D eigenvalue weighted by atomic mass is 10.2. The maximum atomic E-state index is 11.4. The van der Waals surface area contributed by atoms with Crippen LogP contribution < -0.4 is 5.32 Å². The maximum Gasteiger partial charge on any atom is 0.243 e. The van der Waals surface area contributed by atoms with Gasteiger partial charge in [0, 0.05) is 24.7 Å². The smallest absolute Gasteiger partial charge is 0.243 e. The zero-order chi connectivity index (χ0) is 13.7. The summed E-state index contributed by atoms with van der Waals surface area (Å²) in [7, 11) is 0. The first kappa shape index (κ1) is 14.8. The van der Waals surface area contributed by atoms with Crippen LogP contribution in [-0.4, -0.2) is 22.2 Å². The molecule has 0 atom stereocenters. The molecule has 1 heterocycles. The predicted molar refractivity (Wildman–Crippen MR) is 74.5 cm³/mol. The van der Waals surface area contributed by atoms with Crippen molar-refractivity contribution in [2.75, 3.05) is 6.54 Å². The van der Waals surface area contributed by atoms with Gasteiger partial charge < -0.3 is 5.32 Å². The minimum Gasteiger partial charge on any atom is -0.353 e. The Hall–Kier alpha value is -1.29. The highest BCUT2D eigenvalue weighted by Gasteiger charge is 2.12. The Bertz CT molecular complexity index is 449. The first-order valence-electron chi connectivity index (χ1n) is 6.14. The maximum absolute atomic E-state index is 11.4. The van der Waals surface area contributed by atoms with E-state index in [1.165, 1.54) is 6.08 Å². The molecule has 0 bridgehead atoms. The number of amides is 1. The molecule has 0 saturated heterocycles. The summed E-state index contributed by atoms with van der Waals surface area (Å²) in [5.74, 6) is 0.353. The highest BCUT2D eigenvalue weighted by atomic mass is 35.5. The lowest BCUT2D eigenvalue weighted by Crippen LogP contribution is -2.19. The van der Waals surface area contributed by atoms with Crippen molar-refractivity contribution in [1.82, 2.24) is 15.1 Å². The molecule has 0 fully saturated rings. The molecule has 18 heavy (non-hydrogen) atoms. The third-order valence-corrected chi connectivity index (χ3v) is 2.80. The van der Waals surface area contributed by atoms with Crippen LogP contribution >= 0.6 is 11.6 Å². The molecule has 1 aromatic heterocycles. The van der Waals surface area contributed by atoms with Gasteiger partial charge in [0.05, 0.1) is 5.69 Å². The van der Waals surface area contributed by atoms with Gasteiger partial charge in [0.1, 0.15) is 5.15 Å². The summed E-state index contributed by atoms with van der Waals surface area (Å²) >= 11 is 6.25. The highest BCUT2D eigenvalue weighted by molar-refractivity contribution is 6.31. The van der Waals surface area contributed by atoms with Crippen molar-refractivity contribution in [3.05, 3.63) is 22.5 Å². The van der Waals surface area contributed by atoms with Gasteiger partial charge in [-0.1, -0.05) is 25.4 Å². The van der Waals surface area contributed by atoms with E-state index in [0.29, 0.717) is 17.6 Å². The van der Waals surface area contributed by atoms with Crippen molar-refractivity contribution in [2.24, 2.45) is 5.92 Å². The molecule has 0 aliphatic carbocycles. The molecule has 0 unspecified atom stereocenters. The van der Waals surface area contributed by atoms with Crippen molar-refractivity contribution >= 4 is 23.6 Å². The first-order chi connectivity index (χ1) is 8.45. The predicted octanol–water partition coefficient (Wildman–Crippen LogP) is 2.65. The van der Waals surface area contributed by atoms with Gasteiger partial charge in [-0.3, -0.25) is 9.48 Å². The Labute approximate surface area is 113 Å². The van der Waals surface area contributed by atoms with Crippen molar-refractivity contribution in [3.63, 3.8) is 0 Å². The monoisotopic (exact) mass is 269 g/mol. The molecule has 1 amide bonds. The molecular formula is C13H20ClN3O. The molecule has 1 rings (SSSR count). The summed E-state index contributed by atoms with van der Waals surface area (Å²) in [6, 6.07) is 0. The second-order valence-corrected chi connectivity index (χ2v) is 4.95. The van der Waals surface area contributed by atoms with Crippen molar-refractivity contribution < 1.29 is 4.79 Å². The normalized spacial score (nSPS) is 11.4. The number of hydrogen-bond donors (Lipinski definition) is 1. The summed E-state index contributed by atoms with van der Waals surface area (Å²) in [5, 5.41) is 7.66. The van der Waals surface area contributed by atoms with Crippen molar-refractivity contribution in [3.8, 4) is 0 Å². The topological polar surface area (TPSA) is 46.9 Å². The fraction of sp³-hybridized carbons (Fsp3) is 0.538. The first-order valence-corrected chi connectivity index (χ1v) is 6.52. The minimum absolute atomic E-state index is 0.121.